The Bertz CT molecular complexity index is 940. The van der Waals surface area contributed by atoms with Crippen molar-refractivity contribution in [2.24, 2.45) is 4.99 Å². The molecule has 0 saturated carbocycles. The van der Waals surface area contributed by atoms with Gasteiger partial charge in [0.2, 0.25) is 0 Å². The van der Waals surface area contributed by atoms with Gasteiger partial charge in [0.05, 0.1) is 17.0 Å². The largest absolute Gasteiger partial charge is 0.360 e. The van der Waals surface area contributed by atoms with Crippen LogP contribution in [0.2, 0.25) is 25.7 Å². The summed E-state index contributed by atoms with van der Waals surface area (Å²) in [6, 6.07) is 11.2. The molecule has 30 heavy (non-hydrogen) atoms. The number of aliphatic imine (C=N–C) groups is 1. The predicted molar refractivity (Wildman–Crippen MR) is 125 cm³/mol. The van der Waals surface area contributed by atoms with Crippen LogP contribution in [0.1, 0.15) is 41.9 Å². The number of allylic oxidation sites excluding steroid dienone is 1. The lowest BCUT2D eigenvalue weighted by Crippen LogP contribution is -2.30. The van der Waals surface area contributed by atoms with Gasteiger partial charge < -0.3 is 10.1 Å². The Labute approximate surface area is 180 Å². The Morgan fingerprint density at radius 2 is 1.97 bits per heavy atom. The maximum absolute atomic E-state index is 12.8. The molecule has 1 aromatic heterocycles. The van der Waals surface area contributed by atoms with Gasteiger partial charge in [0.25, 0.3) is 5.91 Å². The average molecular weight is 425 g/mol. The van der Waals surface area contributed by atoms with E-state index in [4.69, 9.17) is 9.73 Å². The standard InChI is InChI=1S/C23H32N4O2Si/c1-17(2)24-23(28)19-15-27(16-29-13-14-30(3,4)5)26-22(19)21-12-11-20(25-21)18-9-7-6-8-10-18/h6-11,15,17H,12-14,16H2,1-5H3,(H,24,28). The van der Waals surface area contributed by atoms with Gasteiger partial charge in [-0.1, -0.05) is 56.0 Å². The van der Waals surface area contributed by atoms with Gasteiger partial charge in [0.1, 0.15) is 12.4 Å². The lowest BCUT2D eigenvalue weighted by Gasteiger charge is -2.15. The number of aromatic nitrogens is 2. The van der Waals surface area contributed by atoms with Gasteiger partial charge >= 0.3 is 0 Å². The number of nitrogens with zero attached hydrogens (tertiary/aromatic N) is 3. The molecule has 1 aromatic carbocycles. The summed E-state index contributed by atoms with van der Waals surface area (Å²) < 4.78 is 7.53. The van der Waals surface area contributed by atoms with Crippen molar-refractivity contribution in [2.75, 3.05) is 6.61 Å². The summed E-state index contributed by atoms with van der Waals surface area (Å²) in [5, 5.41) is 7.63. The second-order valence-electron chi connectivity index (χ2n) is 9.13. The number of hydrogen-bond donors (Lipinski definition) is 1. The highest BCUT2D eigenvalue weighted by atomic mass is 28.3. The summed E-state index contributed by atoms with van der Waals surface area (Å²) in [7, 11) is -1.14. The van der Waals surface area contributed by atoms with Crippen LogP contribution in [0.25, 0.3) is 5.70 Å². The topological polar surface area (TPSA) is 68.5 Å². The second kappa shape index (κ2) is 9.53. The monoisotopic (exact) mass is 424 g/mol. The van der Waals surface area contributed by atoms with Gasteiger partial charge in [0.15, 0.2) is 0 Å². The van der Waals surface area contributed by atoms with E-state index in [9.17, 15) is 4.79 Å². The van der Waals surface area contributed by atoms with Gasteiger partial charge in [-0.05, 0) is 25.5 Å². The van der Waals surface area contributed by atoms with E-state index < -0.39 is 8.07 Å². The summed E-state index contributed by atoms with van der Waals surface area (Å²) in [6.45, 7) is 11.9. The molecule has 7 heteroatoms. The van der Waals surface area contributed by atoms with Gasteiger partial charge in [0, 0.05) is 33.3 Å². The Morgan fingerprint density at radius 3 is 2.63 bits per heavy atom. The van der Waals surface area contributed by atoms with Crippen molar-refractivity contribution in [1.82, 2.24) is 15.1 Å². The molecule has 1 amide bonds. The Balaban J connectivity index is 1.80. The Hall–Kier alpha value is -2.51. The molecule has 0 fully saturated rings. The third-order valence-corrected chi connectivity index (χ3v) is 6.44. The molecule has 0 radical (unpaired) electrons. The van der Waals surface area contributed by atoms with Crippen molar-refractivity contribution in [3.8, 4) is 0 Å². The number of benzene rings is 1. The van der Waals surface area contributed by atoms with Crippen LogP contribution in [0.3, 0.4) is 0 Å². The van der Waals surface area contributed by atoms with E-state index in [1.165, 1.54) is 0 Å². The molecule has 0 saturated heterocycles. The number of ether oxygens (including phenoxy) is 1. The number of nitrogens with one attached hydrogen (secondary N) is 1. The molecule has 0 bridgehead atoms. The van der Waals surface area contributed by atoms with Crippen LogP contribution in [-0.2, 0) is 11.5 Å². The van der Waals surface area contributed by atoms with Crippen LogP contribution < -0.4 is 5.32 Å². The molecule has 6 nitrogen and oxygen atoms in total. The van der Waals surface area contributed by atoms with E-state index in [1.54, 1.807) is 10.9 Å². The Morgan fingerprint density at radius 1 is 1.23 bits per heavy atom. The Kier molecular flexibility index (Phi) is 7.05. The fraction of sp³-hybridized carbons (Fsp3) is 0.435. The predicted octanol–water partition coefficient (Wildman–Crippen LogP) is 4.57. The number of hydrogen-bond acceptors (Lipinski definition) is 4. The molecular weight excluding hydrogens is 392 g/mol. The van der Waals surface area contributed by atoms with Crippen LogP contribution in [0, 0.1) is 0 Å². The summed E-state index contributed by atoms with van der Waals surface area (Å²) >= 11 is 0. The average Bonchev–Trinajstić information content (AvgIpc) is 3.32. The molecule has 0 spiro atoms. The van der Waals surface area contributed by atoms with Gasteiger partial charge in [-0.25, -0.2) is 4.68 Å². The zero-order valence-corrected chi connectivity index (χ0v) is 19.6. The number of carbonyl (C=O) groups is 1. The quantitative estimate of drug-likeness (QED) is 0.474. The van der Waals surface area contributed by atoms with E-state index in [0.717, 1.165) is 23.0 Å². The first kappa shape index (κ1) is 22.2. The maximum Gasteiger partial charge on any atom is 0.255 e. The van der Waals surface area contributed by atoms with Crippen molar-refractivity contribution in [2.45, 2.75) is 58.7 Å². The lowest BCUT2D eigenvalue weighted by atomic mass is 10.1. The third-order valence-electron chi connectivity index (χ3n) is 4.73. The lowest BCUT2D eigenvalue weighted by molar-refractivity contribution is 0.0783. The number of amides is 1. The highest BCUT2D eigenvalue weighted by molar-refractivity contribution is 6.76. The van der Waals surface area contributed by atoms with E-state index in [2.05, 4.69) is 36.1 Å². The fourth-order valence-corrected chi connectivity index (χ4v) is 3.87. The highest BCUT2D eigenvalue weighted by Crippen LogP contribution is 2.25. The smallest absolute Gasteiger partial charge is 0.255 e. The summed E-state index contributed by atoms with van der Waals surface area (Å²) in [5.41, 5.74) is 3.96. The first-order chi connectivity index (χ1) is 14.2. The number of carbonyl (C=O) groups excluding carboxylic acids is 1. The summed E-state index contributed by atoms with van der Waals surface area (Å²) in [6.07, 6.45) is 4.50. The molecule has 3 rings (SSSR count). The zero-order valence-electron chi connectivity index (χ0n) is 18.6. The van der Waals surface area contributed by atoms with Crippen LogP contribution in [0.15, 0.2) is 47.6 Å². The molecule has 0 atom stereocenters. The molecule has 1 aliphatic rings. The van der Waals surface area contributed by atoms with Crippen molar-refractivity contribution in [1.29, 1.82) is 0 Å². The maximum atomic E-state index is 12.8. The van der Waals surface area contributed by atoms with Gasteiger partial charge in [-0.15, -0.1) is 0 Å². The normalized spacial score (nSPS) is 14.1. The molecule has 160 valence electrons. The minimum absolute atomic E-state index is 0.0465. The van der Waals surface area contributed by atoms with E-state index in [-0.39, 0.29) is 11.9 Å². The van der Waals surface area contributed by atoms with Gasteiger partial charge in [-0.2, -0.15) is 5.10 Å². The van der Waals surface area contributed by atoms with Crippen molar-refractivity contribution >= 4 is 25.4 Å². The molecule has 2 aromatic rings. The molecule has 2 heterocycles. The molecular formula is C23H32N4O2Si. The molecule has 1 aliphatic heterocycles. The van der Waals surface area contributed by atoms with E-state index in [1.807, 2.05) is 44.2 Å². The van der Waals surface area contributed by atoms with E-state index >= 15 is 0 Å². The van der Waals surface area contributed by atoms with Crippen molar-refractivity contribution in [3.63, 3.8) is 0 Å². The van der Waals surface area contributed by atoms with Crippen LogP contribution in [0.5, 0.6) is 0 Å². The van der Waals surface area contributed by atoms with Crippen molar-refractivity contribution in [3.05, 3.63) is 59.4 Å². The summed E-state index contributed by atoms with van der Waals surface area (Å²) in [4.78, 5) is 17.6. The van der Waals surface area contributed by atoms with Crippen LogP contribution >= 0.6 is 0 Å². The third kappa shape index (κ3) is 6.00. The van der Waals surface area contributed by atoms with E-state index in [0.29, 0.717) is 31.0 Å². The minimum Gasteiger partial charge on any atom is -0.360 e. The molecule has 0 aliphatic carbocycles. The molecule has 0 unspecified atom stereocenters. The minimum atomic E-state index is -1.14. The zero-order chi connectivity index (χ0) is 21.7. The second-order valence-corrected chi connectivity index (χ2v) is 14.7. The van der Waals surface area contributed by atoms with Crippen LogP contribution in [-0.4, -0.2) is 42.1 Å². The van der Waals surface area contributed by atoms with Crippen LogP contribution in [0.4, 0.5) is 0 Å². The van der Waals surface area contributed by atoms with Gasteiger partial charge in [-0.3, -0.25) is 9.79 Å². The first-order valence-electron chi connectivity index (χ1n) is 10.5. The van der Waals surface area contributed by atoms with Crippen molar-refractivity contribution < 1.29 is 9.53 Å². The first-order valence-corrected chi connectivity index (χ1v) is 14.2. The fourth-order valence-electron chi connectivity index (χ4n) is 3.11. The SMILES string of the molecule is CC(C)NC(=O)c1cn(COCC[Si](C)(C)C)nc1C1=NC(c2ccccc2)=CC1. The molecule has 1 N–H and O–H groups in total. The highest BCUT2D eigenvalue weighted by Gasteiger charge is 2.23. The summed E-state index contributed by atoms with van der Waals surface area (Å²) in [5.74, 6) is -0.135. The number of rotatable bonds is 9.